The number of benzene rings is 1. The molecule has 1 aromatic rings. The second-order valence-corrected chi connectivity index (χ2v) is 4.52. The van der Waals surface area contributed by atoms with E-state index in [0.29, 0.717) is 0 Å². The molecule has 6 nitrogen and oxygen atoms in total. The number of allylic oxidation sites excluding steroid dienone is 1. The van der Waals surface area contributed by atoms with Crippen LogP contribution in [0.3, 0.4) is 0 Å². The van der Waals surface area contributed by atoms with Gasteiger partial charge in [-0.15, -0.1) is 0 Å². The van der Waals surface area contributed by atoms with Crippen LogP contribution in [0.2, 0.25) is 0 Å². The molecule has 0 unspecified atom stereocenters. The van der Waals surface area contributed by atoms with Gasteiger partial charge in [-0.1, -0.05) is 12.1 Å². The molecule has 7 heteroatoms. The lowest BCUT2D eigenvalue weighted by Crippen LogP contribution is -2.23. The van der Waals surface area contributed by atoms with Gasteiger partial charge in [-0.25, -0.2) is 4.79 Å². The number of anilines is 1. The highest BCUT2D eigenvalue weighted by Gasteiger charge is 2.10. The van der Waals surface area contributed by atoms with Crippen molar-refractivity contribution in [2.75, 3.05) is 5.32 Å². The van der Waals surface area contributed by atoms with Crippen molar-refractivity contribution in [3.63, 3.8) is 0 Å². The number of urea groups is 1. The fraction of sp³-hybridized carbons (Fsp3) is 0.100. The van der Waals surface area contributed by atoms with Gasteiger partial charge in [-0.2, -0.15) is 8.42 Å². The number of carbonyl (C=O) groups is 1. The lowest BCUT2D eigenvalue weighted by Gasteiger charge is -2.05. The molecule has 0 spiro atoms. The van der Waals surface area contributed by atoms with Crippen LogP contribution in [0.15, 0.2) is 41.4 Å². The molecular formula is C10H12N2O4S. The van der Waals surface area contributed by atoms with Crippen molar-refractivity contribution in [2.45, 2.75) is 11.8 Å². The molecule has 0 saturated carbocycles. The third kappa shape index (κ3) is 4.25. The summed E-state index contributed by atoms with van der Waals surface area (Å²) >= 11 is 0. The fourth-order valence-corrected chi connectivity index (χ4v) is 1.59. The summed E-state index contributed by atoms with van der Waals surface area (Å²) in [5.41, 5.74) is 0.266. The van der Waals surface area contributed by atoms with Crippen LogP contribution in [0, 0.1) is 0 Å². The molecule has 0 aromatic heterocycles. The second kappa shape index (κ2) is 5.46. The van der Waals surface area contributed by atoms with Crippen LogP contribution >= 0.6 is 0 Å². The smallest absolute Gasteiger partial charge is 0.315 e. The predicted octanol–water partition coefficient (Wildman–Crippen LogP) is 1.59. The molecule has 0 aliphatic rings. The maximum absolute atomic E-state index is 11.2. The van der Waals surface area contributed by atoms with E-state index in [9.17, 15) is 13.2 Å². The molecule has 2 amide bonds. The molecule has 3 N–H and O–H groups in total. The Balaban J connectivity index is 2.83. The summed E-state index contributed by atoms with van der Waals surface area (Å²) in [6.45, 7) is 1.74. The van der Waals surface area contributed by atoms with Gasteiger partial charge in [0.25, 0.3) is 10.1 Å². The molecule has 17 heavy (non-hydrogen) atoms. The Labute approximate surface area is 99.1 Å². The predicted molar refractivity (Wildman–Crippen MR) is 63.2 cm³/mol. The molecule has 0 aliphatic heterocycles. The average molecular weight is 256 g/mol. The van der Waals surface area contributed by atoms with Crippen LogP contribution in [0.1, 0.15) is 6.92 Å². The van der Waals surface area contributed by atoms with Gasteiger partial charge in [0, 0.05) is 11.9 Å². The molecule has 0 atom stereocenters. The first kappa shape index (κ1) is 13.2. The Morgan fingerprint density at radius 2 is 2.12 bits per heavy atom. The van der Waals surface area contributed by atoms with Crippen molar-refractivity contribution in [3.05, 3.63) is 36.5 Å². The highest BCUT2D eigenvalue weighted by atomic mass is 32.2. The molecule has 92 valence electrons. The SMILES string of the molecule is C/C=C/NC(=O)Nc1cccc(S(=O)(=O)O)c1. The second-order valence-electron chi connectivity index (χ2n) is 3.10. The van der Waals surface area contributed by atoms with Gasteiger partial charge in [0.15, 0.2) is 0 Å². The third-order valence-electron chi connectivity index (χ3n) is 1.77. The van der Waals surface area contributed by atoms with E-state index in [1.807, 2.05) is 0 Å². The molecule has 0 aliphatic carbocycles. The third-order valence-corrected chi connectivity index (χ3v) is 2.62. The first-order valence-corrected chi connectivity index (χ1v) is 6.13. The Morgan fingerprint density at radius 3 is 2.71 bits per heavy atom. The van der Waals surface area contributed by atoms with Gasteiger partial charge in [-0.05, 0) is 25.1 Å². The minimum absolute atomic E-state index is 0.266. The first-order valence-electron chi connectivity index (χ1n) is 4.69. The minimum atomic E-state index is -4.26. The van der Waals surface area contributed by atoms with Gasteiger partial charge in [0.05, 0.1) is 4.90 Å². The zero-order valence-corrected chi connectivity index (χ0v) is 9.86. The van der Waals surface area contributed by atoms with Crippen molar-refractivity contribution in [2.24, 2.45) is 0 Å². The fourth-order valence-electron chi connectivity index (χ4n) is 1.06. The maximum atomic E-state index is 11.2. The van der Waals surface area contributed by atoms with E-state index in [0.717, 1.165) is 6.07 Å². The summed E-state index contributed by atoms with van der Waals surface area (Å²) in [4.78, 5) is 11.0. The number of hydrogen-bond acceptors (Lipinski definition) is 3. The molecule has 0 saturated heterocycles. The Kier molecular flexibility index (Phi) is 4.24. The Morgan fingerprint density at radius 1 is 1.41 bits per heavy atom. The summed E-state index contributed by atoms with van der Waals surface area (Å²) in [6, 6.07) is 4.79. The van der Waals surface area contributed by atoms with Crippen molar-refractivity contribution < 1.29 is 17.8 Å². The van der Waals surface area contributed by atoms with E-state index in [2.05, 4.69) is 10.6 Å². The summed E-state index contributed by atoms with van der Waals surface area (Å²) in [5, 5.41) is 4.81. The van der Waals surface area contributed by atoms with Crippen molar-refractivity contribution in [1.29, 1.82) is 0 Å². The molecule has 0 fully saturated rings. The Bertz CT molecular complexity index is 537. The van der Waals surface area contributed by atoms with E-state index in [1.54, 1.807) is 13.0 Å². The molecule has 1 rings (SSSR count). The normalized spacial score (nSPS) is 11.4. The summed E-state index contributed by atoms with van der Waals surface area (Å²) in [5.74, 6) is 0. The zero-order valence-electron chi connectivity index (χ0n) is 9.04. The lowest BCUT2D eigenvalue weighted by molar-refractivity contribution is 0.255. The van der Waals surface area contributed by atoms with Crippen molar-refractivity contribution >= 4 is 21.8 Å². The molecule has 1 aromatic carbocycles. The lowest BCUT2D eigenvalue weighted by atomic mass is 10.3. The van der Waals surface area contributed by atoms with Crippen LogP contribution in [-0.2, 0) is 10.1 Å². The molecule has 0 heterocycles. The average Bonchev–Trinajstić information content (AvgIpc) is 2.25. The topological polar surface area (TPSA) is 95.5 Å². The Hall–Kier alpha value is -1.86. The van der Waals surface area contributed by atoms with Gasteiger partial charge >= 0.3 is 6.03 Å². The van der Waals surface area contributed by atoms with Crippen molar-refractivity contribution in [3.8, 4) is 0 Å². The number of hydrogen-bond donors (Lipinski definition) is 3. The van der Waals surface area contributed by atoms with E-state index in [-0.39, 0.29) is 10.6 Å². The van der Waals surface area contributed by atoms with Gasteiger partial charge < -0.3 is 10.6 Å². The highest BCUT2D eigenvalue weighted by molar-refractivity contribution is 7.85. The van der Waals surface area contributed by atoms with E-state index < -0.39 is 16.1 Å². The number of amides is 2. The van der Waals surface area contributed by atoms with Crippen LogP contribution in [0.25, 0.3) is 0 Å². The van der Waals surface area contributed by atoms with E-state index in [4.69, 9.17) is 4.55 Å². The highest BCUT2D eigenvalue weighted by Crippen LogP contribution is 2.14. The van der Waals surface area contributed by atoms with E-state index >= 15 is 0 Å². The van der Waals surface area contributed by atoms with Gasteiger partial charge in [0.1, 0.15) is 0 Å². The van der Waals surface area contributed by atoms with Crippen LogP contribution in [0.5, 0.6) is 0 Å². The molecule has 0 bridgehead atoms. The number of nitrogens with one attached hydrogen (secondary N) is 2. The van der Waals surface area contributed by atoms with Crippen LogP contribution in [0.4, 0.5) is 10.5 Å². The van der Waals surface area contributed by atoms with Crippen LogP contribution in [-0.4, -0.2) is 19.0 Å². The molecule has 0 radical (unpaired) electrons. The minimum Gasteiger partial charge on any atom is -0.315 e. The first-order chi connectivity index (χ1) is 7.93. The van der Waals surface area contributed by atoms with Crippen LogP contribution < -0.4 is 10.6 Å². The van der Waals surface area contributed by atoms with Gasteiger partial charge in [-0.3, -0.25) is 4.55 Å². The standard InChI is InChI=1S/C10H12N2O4S/c1-2-6-11-10(13)12-8-4-3-5-9(7-8)17(14,15)16/h2-7H,1H3,(H2,11,12,13)(H,14,15,16)/b6-2+. The van der Waals surface area contributed by atoms with Crippen molar-refractivity contribution in [1.82, 2.24) is 5.32 Å². The zero-order chi connectivity index (χ0) is 12.9. The maximum Gasteiger partial charge on any atom is 0.323 e. The monoisotopic (exact) mass is 256 g/mol. The molecular weight excluding hydrogens is 244 g/mol. The van der Waals surface area contributed by atoms with Gasteiger partial charge in [0.2, 0.25) is 0 Å². The summed E-state index contributed by atoms with van der Waals surface area (Å²) in [7, 11) is -4.26. The largest absolute Gasteiger partial charge is 0.323 e. The number of carbonyl (C=O) groups excluding carboxylic acids is 1. The summed E-state index contributed by atoms with van der Waals surface area (Å²) < 4.78 is 30.5. The summed E-state index contributed by atoms with van der Waals surface area (Å²) in [6.07, 6.45) is 3.07. The quantitative estimate of drug-likeness (QED) is 0.715. The number of rotatable bonds is 3. The van der Waals surface area contributed by atoms with E-state index in [1.165, 1.54) is 24.4 Å².